The highest BCUT2D eigenvalue weighted by molar-refractivity contribution is 6.34. The second-order valence-corrected chi connectivity index (χ2v) is 6.83. The summed E-state index contributed by atoms with van der Waals surface area (Å²) in [6.07, 6.45) is 3.71. The van der Waals surface area contributed by atoms with Gasteiger partial charge in [-0.25, -0.2) is 0 Å². The number of phenolic OH excluding ortho intramolecular Hbond substituents is 2. The lowest BCUT2D eigenvalue weighted by atomic mass is 9.94. The number of benzene rings is 1. The second-order valence-electron chi connectivity index (χ2n) is 6.43. The lowest BCUT2D eigenvalue weighted by Crippen LogP contribution is -2.14. The molecule has 0 saturated carbocycles. The van der Waals surface area contributed by atoms with Crippen molar-refractivity contribution in [3.8, 4) is 11.5 Å². The highest BCUT2D eigenvalue weighted by atomic mass is 35.5. The number of phenols is 2. The van der Waals surface area contributed by atoms with Gasteiger partial charge in [-0.05, 0) is 26.1 Å². The molecule has 0 amide bonds. The monoisotopic (exact) mass is 405 g/mol. The SMILES string of the molecule is C=C/C(Cl)=C(\C=C)c1cc(=O)c2c(O)cc(O)c(C3CCN(C)C3)c2o1.CO. The van der Waals surface area contributed by atoms with Crippen molar-refractivity contribution in [1.29, 1.82) is 0 Å². The minimum Gasteiger partial charge on any atom is -0.507 e. The standard InChI is InChI=1S/C20H20ClNO4.CH4O/c1-4-12(13(21)5-2)17-9-16(25)19-15(24)8-14(23)18(20(19)26-17)11-6-7-22(3)10-11;1-2/h4-5,8-9,11,23-24H,1-2,6-7,10H2,3H3;2H,1H3/b13-12-;. The predicted molar refractivity (Wildman–Crippen MR) is 112 cm³/mol. The Balaban J connectivity index is 0.00000136. The van der Waals surface area contributed by atoms with E-state index in [1.807, 2.05) is 7.05 Å². The van der Waals surface area contributed by atoms with Crippen LogP contribution in [0.1, 0.15) is 23.7 Å². The molecule has 1 atom stereocenters. The summed E-state index contributed by atoms with van der Waals surface area (Å²) in [5, 5.41) is 28.0. The van der Waals surface area contributed by atoms with Crippen LogP contribution in [-0.2, 0) is 0 Å². The summed E-state index contributed by atoms with van der Waals surface area (Å²) < 4.78 is 5.96. The molecule has 6 nitrogen and oxygen atoms in total. The first kappa shape index (κ1) is 21.8. The van der Waals surface area contributed by atoms with Crippen LogP contribution >= 0.6 is 11.6 Å². The fraction of sp³-hybridized carbons (Fsp3) is 0.286. The van der Waals surface area contributed by atoms with E-state index in [0.29, 0.717) is 11.1 Å². The number of nitrogens with zero attached hydrogens (tertiary/aromatic N) is 1. The summed E-state index contributed by atoms with van der Waals surface area (Å²) in [5.41, 5.74) is 0.703. The largest absolute Gasteiger partial charge is 0.507 e. The van der Waals surface area contributed by atoms with Gasteiger partial charge in [0.2, 0.25) is 0 Å². The topological polar surface area (TPSA) is 94.1 Å². The lowest BCUT2D eigenvalue weighted by Gasteiger charge is -2.16. The minimum absolute atomic E-state index is 0.00691. The number of halogens is 1. The van der Waals surface area contributed by atoms with Crippen LogP contribution in [0.3, 0.4) is 0 Å². The summed E-state index contributed by atoms with van der Waals surface area (Å²) in [7, 11) is 2.99. The Bertz CT molecular complexity index is 992. The van der Waals surface area contributed by atoms with Crippen molar-refractivity contribution < 1.29 is 19.7 Å². The van der Waals surface area contributed by atoms with Gasteiger partial charge in [-0.15, -0.1) is 0 Å². The number of aliphatic hydroxyl groups excluding tert-OH is 1. The summed E-state index contributed by atoms with van der Waals surface area (Å²) in [4.78, 5) is 14.8. The average molecular weight is 406 g/mol. The molecular weight excluding hydrogens is 382 g/mol. The van der Waals surface area contributed by atoms with Crippen LogP contribution in [0.25, 0.3) is 16.5 Å². The predicted octanol–water partition coefficient (Wildman–Crippen LogP) is 3.55. The summed E-state index contributed by atoms with van der Waals surface area (Å²) in [5.74, 6) is -0.200. The molecule has 3 rings (SSSR count). The Labute approximate surface area is 168 Å². The van der Waals surface area contributed by atoms with E-state index >= 15 is 0 Å². The zero-order valence-corrected chi connectivity index (χ0v) is 16.7. The van der Waals surface area contributed by atoms with E-state index in [9.17, 15) is 15.0 Å². The van der Waals surface area contributed by atoms with Gasteiger partial charge >= 0.3 is 0 Å². The molecule has 1 unspecified atom stereocenters. The fourth-order valence-corrected chi connectivity index (χ4v) is 3.62. The van der Waals surface area contributed by atoms with Gasteiger partial charge in [-0.1, -0.05) is 30.8 Å². The summed E-state index contributed by atoms with van der Waals surface area (Å²) in [6, 6.07) is 2.46. The van der Waals surface area contributed by atoms with Crippen molar-refractivity contribution in [2.75, 3.05) is 27.2 Å². The third kappa shape index (κ3) is 3.99. The Kier molecular flexibility index (Phi) is 7.07. The molecule has 1 fully saturated rings. The number of aromatic hydroxyl groups is 2. The maximum Gasteiger partial charge on any atom is 0.197 e. The van der Waals surface area contributed by atoms with Crippen molar-refractivity contribution in [3.05, 3.63) is 64.0 Å². The average Bonchev–Trinajstić information content (AvgIpc) is 3.09. The fourth-order valence-electron chi connectivity index (χ4n) is 3.45. The molecule has 3 N–H and O–H groups in total. The normalized spacial score (nSPS) is 17.6. The third-order valence-corrected chi connectivity index (χ3v) is 5.06. The molecule has 0 bridgehead atoms. The molecule has 1 saturated heterocycles. The summed E-state index contributed by atoms with van der Waals surface area (Å²) in [6.45, 7) is 8.91. The van der Waals surface area contributed by atoms with Gasteiger partial charge in [-0.2, -0.15) is 0 Å². The number of aliphatic hydroxyl groups is 1. The Morgan fingerprint density at radius 1 is 1.25 bits per heavy atom. The molecule has 150 valence electrons. The van der Waals surface area contributed by atoms with Crippen molar-refractivity contribution in [2.24, 2.45) is 0 Å². The molecule has 1 aliphatic heterocycles. The molecule has 7 heteroatoms. The molecule has 1 aromatic heterocycles. The number of fused-ring (bicyclic) bond motifs is 1. The first-order chi connectivity index (χ1) is 13.4. The van der Waals surface area contributed by atoms with Gasteiger partial charge in [0.25, 0.3) is 0 Å². The van der Waals surface area contributed by atoms with E-state index < -0.39 is 5.43 Å². The van der Waals surface area contributed by atoms with Crippen LogP contribution in [0.5, 0.6) is 11.5 Å². The number of likely N-dealkylation sites (N-methyl/N-ethyl adjacent to an activating group) is 1. The van der Waals surface area contributed by atoms with Crippen LogP contribution in [-0.4, -0.2) is 47.5 Å². The number of likely N-dealkylation sites (tertiary alicyclic amines) is 1. The van der Waals surface area contributed by atoms with Crippen LogP contribution in [0, 0.1) is 0 Å². The Morgan fingerprint density at radius 3 is 2.46 bits per heavy atom. The van der Waals surface area contributed by atoms with E-state index in [4.69, 9.17) is 21.1 Å². The van der Waals surface area contributed by atoms with Gasteiger partial charge in [0.05, 0.1) is 5.03 Å². The number of hydrogen-bond acceptors (Lipinski definition) is 6. The van der Waals surface area contributed by atoms with Crippen molar-refractivity contribution >= 4 is 28.1 Å². The minimum atomic E-state index is -0.417. The molecule has 0 spiro atoms. The summed E-state index contributed by atoms with van der Waals surface area (Å²) >= 11 is 6.14. The highest BCUT2D eigenvalue weighted by Gasteiger charge is 2.29. The first-order valence-corrected chi connectivity index (χ1v) is 9.06. The zero-order valence-electron chi connectivity index (χ0n) is 15.9. The second kappa shape index (κ2) is 9.10. The molecular formula is C21H24ClNO5. The smallest absolute Gasteiger partial charge is 0.197 e. The molecule has 1 aliphatic rings. The van der Waals surface area contributed by atoms with Crippen molar-refractivity contribution in [1.82, 2.24) is 4.90 Å². The van der Waals surface area contributed by atoms with Gasteiger partial charge in [0.15, 0.2) is 5.43 Å². The number of allylic oxidation sites excluding steroid dienone is 4. The van der Waals surface area contributed by atoms with Gasteiger partial charge in [-0.3, -0.25) is 4.79 Å². The maximum atomic E-state index is 12.7. The van der Waals surface area contributed by atoms with Crippen LogP contribution < -0.4 is 5.43 Å². The molecule has 2 heterocycles. The zero-order chi connectivity index (χ0) is 21.0. The molecule has 0 radical (unpaired) electrons. The van der Waals surface area contributed by atoms with Gasteiger partial charge in [0, 0.05) is 42.8 Å². The van der Waals surface area contributed by atoms with Crippen molar-refractivity contribution in [2.45, 2.75) is 12.3 Å². The van der Waals surface area contributed by atoms with E-state index in [0.717, 1.165) is 26.6 Å². The van der Waals surface area contributed by atoms with E-state index in [1.54, 1.807) is 0 Å². The number of hydrogen-bond donors (Lipinski definition) is 3. The molecule has 0 aliphatic carbocycles. The van der Waals surface area contributed by atoms with Crippen molar-refractivity contribution in [3.63, 3.8) is 0 Å². The molecule has 2 aromatic rings. The Morgan fingerprint density at radius 2 is 1.93 bits per heavy atom. The third-order valence-electron chi connectivity index (χ3n) is 4.70. The van der Waals surface area contributed by atoms with Crippen LogP contribution in [0.2, 0.25) is 0 Å². The van der Waals surface area contributed by atoms with E-state index in [1.165, 1.54) is 24.3 Å². The van der Waals surface area contributed by atoms with Gasteiger partial charge in [0.1, 0.15) is 28.2 Å². The quantitative estimate of drug-likeness (QED) is 0.673. The first-order valence-electron chi connectivity index (χ1n) is 8.68. The molecule has 28 heavy (non-hydrogen) atoms. The Hall–Kier alpha value is -2.54. The van der Waals surface area contributed by atoms with E-state index in [-0.39, 0.29) is 39.2 Å². The number of rotatable bonds is 4. The van der Waals surface area contributed by atoms with Crippen LogP contribution in [0.4, 0.5) is 0 Å². The highest BCUT2D eigenvalue weighted by Crippen LogP contribution is 2.41. The molecule has 1 aromatic carbocycles. The lowest BCUT2D eigenvalue weighted by molar-refractivity contribution is 0.399. The van der Waals surface area contributed by atoms with Gasteiger partial charge < -0.3 is 24.6 Å². The maximum absolute atomic E-state index is 12.7. The van der Waals surface area contributed by atoms with Crippen LogP contribution in [0.15, 0.2) is 51.7 Å². The van der Waals surface area contributed by atoms with E-state index in [2.05, 4.69) is 18.1 Å².